The lowest BCUT2D eigenvalue weighted by Crippen LogP contribution is -2.32. The predicted octanol–water partition coefficient (Wildman–Crippen LogP) is 2.39. The molecule has 1 aromatic carbocycles. The number of carbonyl (C=O) groups excluding carboxylic acids is 1. The average Bonchev–Trinajstić information content (AvgIpc) is 2.44. The van der Waals surface area contributed by atoms with Gasteiger partial charge in [-0.05, 0) is 44.5 Å². The minimum atomic E-state index is -0.349. The quantitative estimate of drug-likeness (QED) is 0.807. The van der Waals surface area contributed by atoms with E-state index in [-0.39, 0.29) is 23.7 Å². The maximum atomic E-state index is 13.3. The molecule has 0 saturated carbocycles. The van der Waals surface area contributed by atoms with E-state index < -0.39 is 0 Å². The van der Waals surface area contributed by atoms with Crippen LogP contribution in [0.15, 0.2) is 18.2 Å². The summed E-state index contributed by atoms with van der Waals surface area (Å²) in [5.74, 6) is 0.0460. The van der Waals surface area contributed by atoms with Gasteiger partial charge in [-0.25, -0.2) is 4.39 Å². The molecule has 5 heteroatoms. The maximum absolute atomic E-state index is 13.3. The number of carbonyl (C=O) groups is 1. The van der Waals surface area contributed by atoms with Crippen LogP contribution in [0.4, 0.5) is 4.39 Å². The molecule has 2 unspecified atom stereocenters. The third kappa shape index (κ3) is 4.49. The van der Waals surface area contributed by atoms with Gasteiger partial charge in [0.05, 0.1) is 13.2 Å². The molecule has 4 nitrogen and oxygen atoms in total. The van der Waals surface area contributed by atoms with E-state index in [1.165, 1.54) is 19.2 Å². The fourth-order valence-electron chi connectivity index (χ4n) is 2.03. The Labute approximate surface area is 119 Å². The average molecular weight is 282 g/mol. The van der Waals surface area contributed by atoms with Crippen LogP contribution < -0.4 is 15.8 Å². The SMILES string of the molecule is COc1ccc(F)cc1C(C)NC(=O)C(C)CCCN. The van der Waals surface area contributed by atoms with Gasteiger partial charge in [-0.2, -0.15) is 0 Å². The van der Waals surface area contributed by atoms with Crippen molar-refractivity contribution in [3.63, 3.8) is 0 Å². The molecule has 0 heterocycles. The standard InChI is InChI=1S/C15H23FN2O2/c1-10(5-4-8-17)15(19)18-11(2)13-9-12(16)6-7-14(13)20-3/h6-7,9-11H,4-5,8,17H2,1-3H3,(H,18,19). The highest BCUT2D eigenvalue weighted by molar-refractivity contribution is 5.78. The fraction of sp³-hybridized carbons (Fsp3) is 0.533. The third-order valence-corrected chi connectivity index (χ3v) is 3.31. The molecule has 0 spiro atoms. The summed E-state index contributed by atoms with van der Waals surface area (Å²) in [5, 5.41) is 2.88. The van der Waals surface area contributed by atoms with Gasteiger partial charge in [0.25, 0.3) is 0 Å². The van der Waals surface area contributed by atoms with E-state index in [0.29, 0.717) is 17.9 Å². The summed E-state index contributed by atoms with van der Waals surface area (Å²) in [6.07, 6.45) is 1.56. The lowest BCUT2D eigenvalue weighted by molar-refractivity contribution is -0.125. The second-order valence-electron chi connectivity index (χ2n) is 4.95. The lowest BCUT2D eigenvalue weighted by atomic mass is 10.0. The predicted molar refractivity (Wildman–Crippen MR) is 77.0 cm³/mol. The molecule has 2 atom stereocenters. The number of methoxy groups -OCH3 is 1. The molecule has 0 aliphatic rings. The van der Waals surface area contributed by atoms with E-state index in [1.807, 2.05) is 13.8 Å². The van der Waals surface area contributed by atoms with Crippen LogP contribution in [-0.2, 0) is 4.79 Å². The zero-order valence-corrected chi connectivity index (χ0v) is 12.3. The summed E-state index contributed by atoms with van der Waals surface area (Å²) in [6.45, 7) is 4.25. The summed E-state index contributed by atoms with van der Waals surface area (Å²) < 4.78 is 18.5. The molecular formula is C15H23FN2O2. The summed E-state index contributed by atoms with van der Waals surface area (Å²) in [7, 11) is 1.52. The van der Waals surface area contributed by atoms with Crippen LogP contribution in [0.25, 0.3) is 0 Å². The monoisotopic (exact) mass is 282 g/mol. The van der Waals surface area contributed by atoms with Crippen molar-refractivity contribution >= 4 is 5.91 Å². The number of hydrogen-bond donors (Lipinski definition) is 2. The number of amides is 1. The van der Waals surface area contributed by atoms with Crippen molar-refractivity contribution in [3.8, 4) is 5.75 Å². The van der Waals surface area contributed by atoms with Gasteiger partial charge < -0.3 is 15.8 Å². The molecular weight excluding hydrogens is 259 g/mol. The molecule has 20 heavy (non-hydrogen) atoms. The first-order valence-electron chi connectivity index (χ1n) is 6.83. The lowest BCUT2D eigenvalue weighted by Gasteiger charge is -2.19. The molecule has 0 bridgehead atoms. The molecule has 3 N–H and O–H groups in total. The molecule has 0 saturated heterocycles. The zero-order chi connectivity index (χ0) is 15.1. The molecule has 112 valence electrons. The van der Waals surface area contributed by atoms with E-state index >= 15 is 0 Å². The van der Waals surface area contributed by atoms with Crippen molar-refractivity contribution in [1.82, 2.24) is 5.32 Å². The van der Waals surface area contributed by atoms with Crippen LogP contribution in [-0.4, -0.2) is 19.6 Å². The Bertz CT molecular complexity index is 451. The Morgan fingerprint density at radius 3 is 2.75 bits per heavy atom. The first-order chi connectivity index (χ1) is 9.49. The van der Waals surface area contributed by atoms with Gasteiger partial charge in [0, 0.05) is 11.5 Å². The number of nitrogens with two attached hydrogens (primary N) is 1. The van der Waals surface area contributed by atoms with E-state index in [2.05, 4.69) is 5.32 Å². The maximum Gasteiger partial charge on any atom is 0.223 e. The van der Waals surface area contributed by atoms with E-state index in [4.69, 9.17) is 10.5 Å². The molecule has 0 aliphatic heterocycles. The highest BCUT2D eigenvalue weighted by Gasteiger charge is 2.18. The number of nitrogens with one attached hydrogen (secondary N) is 1. The molecule has 1 rings (SSSR count). The van der Waals surface area contributed by atoms with Crippen molar-refractivity contribution in [2.24, 2.45) is 11.7 Å². The number of rotatable bonds is 7. The Morgan fingerprint density at radius 1 is 1.45 bits per heavy atom. The second kappa shape index (κ2) is 7.85. The van der Waals surface area contributed by atoms with Crippen LogP contribution in [0.3, 0.4) is 0 Å². The van der Waals surface area contributed by atoms with Crippen molar-refractivity contribution in [1.29, 1.82) is 0 Å². The Morgan fingerprint density at radius 2 is 2.15 bits per heavy atom. The van der Waals surface area contributed by atoms with Gasteiger partial charge in [-0.3, -0.25) is 4.79 Å². The van der Waals surface area contributed by atoms with Crippen molar-refractivity contribution in [2.75, 3.05) is 13.7 Å². The Kier molecular flexibility index (Phi) is 6.45. The first kappa shape index (κ1) is 16.4. The van der Waals surface area contributed by atoms with E-state index in [9.17, 15) is 9.18 Å². The fourth-order valence-corrected chi connectivity index (χ4v) is 2.03. The van der Waals surface area contributed by atoms with Gasteiger partial charge in [0.15, 0.2) is 0 Å². The number of ether oxygens (including phenoxy) is 1. The summed E-state index contributed by atoms with van der Waals surface area (Å²) >= 11 is 0. The van der Waals surface area contributed by atoms with Crippen LogP contribution in [0.5, 0.6) is 5.75 Å². The topological polar surface area (TPSA) is 64.3 Å². The van der Waals surface area contributed by atoms with Crippen molar-refractivity contribution < 1.29 is 13.9 Å². The minimum Gasteiger partial charge on any atom is -0.496 e. The molecule has 0 aromatic heterocycles. The molecule has 0 radical (unpaired) electrons. The molecule has 1 aromatic rings. The van der Waals surface area contributed by atoms with Crippen molar-refractivity contribution in [2.45, 2.75) is 32.7 Å². The summed E-state index contributed by atoms with van der Waals surface area (Å²) in [5.41, 5.74) is 6.07. The van der Waals surface area contributed by atoms with Gasteiger partial charge in [-0.15, -0.1) is 0 Å². The van der Waals surface area contributed by atoms with Gasteiger partial charge in [0.2, 0.25) is 5.91 Å². The molecule has 0 fully saturated rings. The molecule has 1 amide bonds. The van der Waals surface area contributed by atoms with E-state index in [1.54, 1.807) is 6.07 Å². The largest absolute Gasteiger partial charge is 0.496 e. The number of halogens is 1. The van der Waals surface area contributed by atoms with Crippen LogP contribution in [0.1, 0.15) is 38.3 Å². The van der Waals surface area contributed by atoms with Crippen LogP contribution >= 0.6 is 0 Å². The smallest absolute Gasteiger partial charge is 0.223 e. The van der Waals surface area contributed by atoms with Gasteiger partial charge >= 0.3 is 0 Å². The highest BCUT2D eigenvalue weighted by atomic mass is 19.1. The third-order valence-electron chi connectivity index (χ3n) is 3.31. The zero-order valence-electron chi connectivity index (χ0n) is 12.3. The Balaban J connectivity index is 2.73. The van der Waals surface area contributed by atoms with Crippen LogP contribution in [0, 0.1) is 11.7 Å². The van der Waals surface area contributed by atoms with Crippen molar-refractivity contribution in [3.05, 3.63) is 29.6 Å². The normalized spacial score (nSPS) is 13.7. The summed E-state index contributed by atoms with van der Waals surface area (Å²) in [6, 6.07) is 3.97. The first-order valence-corrected chi connectivity index (χ1v) is 6.83. The highest BCUT2D eigenvalue weighted by Crippen LogP contribution is 2.26. The summed E-state index contributed by atoms with van der Waals surface area (Å²) in [4.78, 5) is 12.0. The minimum absolute atomic E-state index is 0.0581. The second-order valence-corrected chi connectivity index (χ2v) is 4.95. The van der Waals surface area contributed by atoms with Gasteiger partial charge in [0.1, 0.15) is 11.6 Å². The van der Waals surface area contributed by atoms with Gasteiger partial charge in [-0.1, -0.05) is 6.92 Å². The van der Waals surface area contributed by atoms with E-state index in [0.717, 1.165) is 12.8 Å². The van der Waals surface area contributed by atoms with Crippen LogP contribution in [0.2, 0.25) is 0 Å². The Hall–Kier alpha value is -1.62. The number of benzene rings is 1. The molecule has 0 aliphatic carbocycles. The number of hydrogen-bond acceptors (Lipinski definition) is 3.